The van der Waals surface area contributed by atoms with Crippen molar-refractivity contribution < 1.29 is 24.1 Å². The second kappa shape index (κ2) is 7.67. The molecule has 6 nitrogen and oxygen atoms in total. The van der Waals surface area contributed by atoms with E-state index in [1.54, 1.807) is 0 Å². The van der Waals surface area contributed by atoms with Crippen LogP contribution >= 0.6 is 11.6 Å². The van der Waals surface area contributed by atoms with Gasteiger partial charge < -0.3 is 19.5 Å². The highest BCUT2D eigenvalue weighted by Gasteiger charge is 2.17. The zero-order valence-electron chi connectivity index (χ0n) is 13.6. The van der Waals surface area contributed by atoms with E-state index in [1.165, 1.54) is 38.2 Å². The zero-order chi connectivity index (χ0) is 18.7. The topological polar surface area (TPSA) is 88.8 Å². The van der Waals surface area contributed by atoms with Crippen molar-refractivity contribution in [2.45, 2.75) is 26.5 Å². The van der Waals surface area contributed by atoms with E-state index in [-0.39, 0.29) is 35.1 Å². The van der Waals surface area contributed by atoms with E-state index < -0.39 is 23.4 Å². The van der Waals surface area contributed by atoms with Crippen molar-refractivity contribution in [3.63, 3.8) is 0 Å². The Morgan fingerprint density at radius 2 is 2.04 bits per heavy atom. The molecule has 0 unspecified atom stereocenters. The number of carboxylic acids is 1. The number of hydrogen-bond donors (Lipinski definition) is 2. The Hall–Kier alpha value is -2.38. The second-order valence-electron chi connectivity index (χ2n) is 5.59. The van der Waals surface area contributed by atoms with Gasteiger partial charge in [-0.15, -0.1) is 0 Å². The molecule has 0 fully saturated rings. The maximum absolute atomic E-state index is 13.4. The van der Waals surface area contributed by atoms with Gasteiger partial charge in [0.1, 0.15) is 29.8 Å². The van der Waals surface area contributed by atoms with Crippen LogP contribution in [0.5, 0.6) is 5.75 Å². The number of benzene rings is 1. The Morgan fingerprint density at radius 1 is 1.36 bits per heavy atom. The first-order valence-electron chi connectivity index (χ1n) is 7.41. The van der Waals surface area contributed by atoms with E-state index in [9.17, 15) is 19.1 Å². The van der Waals surface area contributed by atoms with Gasteiger partial charge in [0.25, 0.3) is 5.56 Å². The van der Waals surface area contributed by atoms with Crippen LogP contribution in [-0.4, -0.2) is 33.5 Å². The molecule has 2 aromatic rings. The second-order valence-corrected chi connectivity index (χ2v) is 5.96. The zero-order valence-corrected chi connectivity index (χ0v) is 14.4. The third-order valence-electron chi connectivity index (χ3n) is 3.71. The monoisotopic (exact) mass is 369 g/mol. The van der Waals surface area contributed by atoms with Crippen molar-refractivity contribution in [1.82, 2.24) is 4.57 Å². The van der Waals surface area contributed by atoms with Gasteiger partial charge >= 0.3 is 5.97 Å². The lowest BCUT2D eigenvalue weighted by Gasteiger charge is -2.16. The van der Waals surface area contributed by atoms with Gasteiger partial charge in [-0.2, -0.15) is 0 Å². The summed E-state index contributed by atoms with van der Waals surface area (Å²) in [5.74, 6) is -1.58. The number of aromatic nitrogens is 1. The van der Waals surface area contributed by atoms with Crippen molar-refractivity contribution in [1.29, 1.82) is 0 Å². The molecule has 2 N–H and O–H groups in total. The lowest BCUT2D eigenvalue weighted by molar-refractivity contribution is 0.0690. The third-order valence-corrected chi connectivity index (χ3v) is 4.18. The summed E-state index contributed by atoms with van der Waals surface area (Å²) in [5, 5.41) is 19.2. The summed E-state index contributed by atoms with van der Waals surface area (Å²) in [6.45, 7) is 2.67. The van der Waals surface area contributed by atoms with Crippen LogP contribution in [0.3, 0.4) is 0 Å². The fraction of sp³-hybridized carbons (Fsp3) is 0.294. The van der Waals surface area contributed by atoms with Crippen molar-refractivity contribution in [2.75, 3.05) is 6.61 Å². The quantitative estimate of drug-likeness (QED) is 0.816. The molecule has 0 aliphatic heterocycles. The molecule has 1 aromatic carbocycles. The van der Waals surface area contributed by atoms with Gasteiger partial charge in [0.15, 0.2) is 0 Å². The Kier molecular flexibility index (Phi) is 5.81. The highest BCUT2D eigenvalue weighted by molar-refractivity contribution is 6.32. The van der Waals surface area contributed by atoms with E-state index in [1.807, 2.05) is 0 Å². The predicted octanol–water partition coefficient (Wildman–Crippen LogP) is 2.40. The summed E-state index contributed by atoms with van der Waals surface area (Å²) >= 11 is 5.97. The van der Waals surface area contributed by atoms with Crippen LogP contribution in [0, 0.1) is 19.7 Å². The molecule has 0 amide bonds. The number of rotatable bonds is 6. The Balaban J connectivity index is 2.10. The van der Waals surface area contributed by atoms with Crippen molar-refractivity contribution >= 4 is 17.6 Å². The summed E-state index contributed by atoms with van der Waals surface area (Å²) < 4.78 is 19.8. The van der Waals surface area contributed by atoms with Crippen molar-refractivity contribution in [3.05, 3.63) is 62.3 Å². The van der Waals surface area contributed by atoms with E-state index in [0.717, 1.165) is 4.57 Å². The molecule has 134 valence electrons. The molecule has 8 heteroatoms. The number of hydrogen-bond acceptors (Lipinski definition) is 4. The lowest BCUT2D eigenvalue weighted by atomic mass is 10.1. The Bertz CT molecular complexity index is 865. The lowest BCUT2D eigenvalue weighted by Crippen LogP contribution is -2.33. The first-order valence-corrected chi connectivity index (χ1v) is 7.79. The number of aliphatic hydroxyl groups excluding tert-OH is 1. The molecule has 0 saturated heterocycles. The molecule has 1 atom stereocenters. The highest BCUT2D eigenvalue weighted by atomic mass is 35.5. The van der Waals surface area contributed by atoms with Gasteiger partial charge in [-0.3, -0.25) is 4.79 Å². The number of carbonyl (C=O) groups is 1. The third kappa shape index (κ3) is 4.18. The minimum Gasteiger partial charge on any atom is -0.489 e. The van der Waals surface area contributed by atoms with E-state index in [4.69, 9.17) is 21.4 Å². The smallest absolute Gasteiger partial charge is 0.341 e. The fourth-order valence-corrected chi connectivity index (χ4v) is 2.49. The maximum atomic E-state index is 13.4. The summed E-state index contributed by atoms with van der Waals surface area (Å²) in [6, 6.07) is 4.03. The number of carboxylic acid groups (broad SMARTS) is 1. The van der Waals surface area contributed by atoms with Crippen LogP contribution in [0.4, 0.5) is 4.39 Å². The SMILES string of the molecule is Cc1ccn(C[C@@H](O)COc2ccc(F)c(C)c2Cl)c(=O)c1C(=O)O. The summed E-state index contributed by atoms with van der Waals surface area (Å²) in [5.41, 5.74) is -0.474. The first-order chi connectivity index (χ1) is 11.7. The molecule has 0 radical (unpaired) electrons. The maximum Gasteiger partial charge on any atom is 0.341 e. The summed E-state index contributed by atoms with van der Waals surface area (Å²) in [4.78, 5) is 23.3. The standard InChI is InChI=1S/C17H17ClFNO5/c1-9-5-6-20(16(22)14(9)17(23)24)7-11(21)8-25-13-4-3-12(19)10(2)15(13)18/h3-6,11,21H,7-8H2,1-2H3,(H,23,24)/t11-/m1/s1. The van der Waals surface area contributed by atoms with Gasteiger partial charge in [0.2, 0.25) is 0 Å². The van der Waals surface area contributed by atoms with Gasteiger partial charge in [0.05, 0.1) is 11.6 Å². The molecule has 2 rings (SSSR count). The normalized spacial score (nSPS) is 12.0. The number of aromatic carboxylic acids is 1. The van der Waals surface area contributed by atoms with E-state index in [0.29, 0.717) is 5.56 Å². The van der Waals surface area contributed by atoms with E-state index >= 15 is 0 Å². The molecule has 0 aliphatic rings. The Morgan fingerprint density at radius 3 is 2.68 bits per heavy atom. The van der Waals surface area contributed by atoms with Gasteiger partial charge in [-0.05, 0) is 37.6 Å². The fourth-order valence-electron chi connectivity index (χ4n) is 2.28. The number of pyridine rings is 1. The summed E-state index contributed by atoms with van der Waals surface area (Å²) in [7, 11) is 0. The van der Waals surface area contributed by atoms with Crippen LogP contribution in [-0.2, 0) is 6.54 Å². The van der Waals surface area contributed by atoms with Crippen LogP contribution in [0.15, 0.2) is 29.2 Å². The molecule has 0 aliphatic carbocycles. The molecular formula is C17H17ClFNO5. The molecule has 1 aromatic heterocycles. The first kappa shape index (κ1) is 19.0. The van der Waals surface area contributed by atoms with Gasteiger partial charge in [-0.1, -0.05) is 11.6 Å². The molecule has 0 bridgehead atoms. The minimum atomic E-state index is -1.32. The number of ether oxygens (including phenoxy) is 1. The molecule has 25 heavy (non-hydrogen) atoms. The van der Waals surface area contributed by atoms with Crippen molar-refractivity contribution in [3.8, 4) is 5.75 Å². The van der Waals surface area contributed by atoms with Crippen molar-refractivity contribution in [2.24, 2.45) is 0 Å². The molecular weight excluding hydrogens is 353 g/mol. The number of nitrogens with zero attached hydrogens (tertiary/aromatic N) is 1. The largest absolute Gasteiger partial charge is 0.489 e. The van der Waals surface area contributed by atoms with Crippen LogP contribution in [0.1, 0.15) is 21.5 Å². The average Bonchev–Trinajstić information content (AvgIpc) is 2.54. The molecule has 1 heterocycles. The van der Waals surface area contributed by atoms with Gasteiger partial charge in [0, 0.05) is 11.8 Å². The molecule has 0 spiro atoms. The van der Waals surface area contributed by atoms with E-state index in [2.05, 4.69) is 0 Å². The summed E-state index contributed by atoms with van der Waals surface area (Å²) in [6.07, 6.45) is 0.311. The number of aliphatic hydroxyl groups is 1. The van der Waals surface area contributed by atoms with Crippen LogP contribution < -0.4 is 10.3 Å². The predicted molar refractivity (Wildman–Crippen MR) is 90.0 cm³/mol. The molecule has 0 saturated carbocycles. The number of halogens is 2. The Labute approximate surface area is 148 Å². The van der Waals surface area contributed by atoms with Crippen LogP contribution in [0.2, 0.25) is 5.02 Å². The number of aryl methyl sites for hydroxylation is 1. The van der Waals surface area contributed by atoms with Crippen LogP contribution in [0.25, 0.3) is 0 Å². The highest BCUT2D eigenvalue weighted by Crippen LogP contribution is 2.29. The van der Waals surface area contributed by atoms with Gasteiger partial charge in [-0.25, -0.2) is 9.18 Å². The average molecular weight is 370 g/mol. The minimum absolute atomic E-state index is 0.105.